The van der Waals surface area contributed by atoms with Crippen molar-refractivity contribution in [1.82, 2.24) is 0 Å². The van der Waals surface area contributed by atoms with Crippen molar-refractivity contribution in [2.45, 2.75) is 106 Å². The van der Waals surface area contributed by atoms with Gasteiger partial charge in [0, 0.05) is 0 Å². The van der Waals surface area contributed by atoms with Crippen LogP contribution in [-0.2, 0) is 18.6 Å². The van der Waals surface area contributed by atoms with Crippen molar-refractivity contribution in [3.63, 3.8) is 0 Å². The van der Waals surface area contributed by atoms with Crippen LogP contribution in [-0.4, -0.2) is 31.4 Å². The van der Waals surface area contributed by atoms with Crippen LogP contribution in [0.5, 0.6) is 0 Å². The Morgan fingerprint density at radius 3 is 1.58 bits per heavy atom. The van der Waals surface area contributed by atoms with Crippen LogP contribution in [0.3, 0.4) is 0 Å². The summed E-state index contributed by atoms with van der Waals surface area (Å²) in [6.07, 6.45) is 16.3. The summed E-state index contributed by atoms with van der Waals surface area (Å²) in [6.45, 7) is 18.0. The van der Waals surface area contributed by atoms with Gasteiger partial charge in [-0.05, 0) is 100 Å². The molecule has 0 rings (SSSR count). The molecule has 0 bridgehead atoms. The van der Waals surface area contributed by atoms with Gasteiger partial charge in [0.15, 0.2) is 8.38 Å². The Morgan fingerprint density at radius 2 is 1.15 bits per heavy atom. The Balaban J connectivity index is 4.65. The first-order valence-corrected chi connectivity index (χ1v) is 13.8. The number of allylic oxidation sites excluding steroid dienone is 8. The van der Waals surface area contributed by atoms with Gasteiger partial charge in [-0.2, -0.15) is 0 Å². The van der Waals surface area contributed by atoms with Gasteiger partial charge in [-0.3, -0.25) is 4.79 Å². The molecule has 0 aromatic heterocycles. The zero-order valence-corrected chi connectivity index (χ0v) is 23.4. The van der Waals surface area contributed by atoms with Gasteiger partial charge < -0.3 is 13.8 Å². The molecule has 1 atom stereocenters. The van der Waals surface area contributed by atoms with Crippen LogP contribution >= 0.6 is 8.38 Å². The summed E-state index contributed by atoms with van der Waals surface area (Å²) < 4.78 is 16.8. The van der Waals surface area contributed by atoms with E-state index in [0.29, 0.717) is 26.2 Å². The maximum atomic E-state index is 12.5. The van der Waals surface area contributed by atoms with E-state index >= 15 is 0 Å². The van der Waals surface area contributed by atoms with E-state index in [1.807, 2.05) is 20.8 Å². The highest BCUT2D eigenvalue weighted by molar-refractivity contribution is 7.49. The maximum Gasteiger partial charge on any atom is 0.318 e. The normalized spacial score (nSPS) is 13.9. The van der Waals surface area contributed by atoms with Crippen LogP contribution in [0.1, 0.15) is 100 Å². The zero-order chi connectivity index (χ0) is 25.1. The fourth-order valence-corrected chi connectivity index (χ4v) is 4.75. The monoisotopic (exact) mass is 480 g/mol. The predicted octanol–water partition coefficient (Wildman–Crippen LogP) is 8.84. The molecule has 0 radical (unpaired) electrons. The lowest BCUT2D eigenvalue weighted by molar-refractivity contribution is -0.142. The Labute approximate surface area is 205 Å². The highest BCUT2D eigenvalue weighted by atomic mass is 31.2. The molecule has 0 heterocycles. The number of esters is 1. The number of carbonyl (C=O) groups excluding carboxylic acids is 1. The van der Waals surface area contributed by atoms with E-state index in [9.17, 15) is 4.79 Å². The van der Waals surface area contributed by atoms with Gasteiger partial charge in [-0.1, -0.05) is 46.6 Å². The maximum absolute atomic E-state index is 12.5. The Kier molecular flexibility index (Phi) is 19.4. The third kappa shape index (κ3) is 17.0. The second kappa shape index (κ2) is 20.2. The molecule has 0 saturated heterocycles. The number of ether oxygens (including phenoxy) is 1. The van der Waals surface area contributed by atoms with Crippen molar-refractivity contribution in [2.75, 3.05) is 19.8 Å². The third-order valence-corrected chi connectivity index (χ3v) is 7.13. The molecule has 33 heavy (non-hydrogen) atoms. The average Bonchev–Trinajstić information content (AvgIpc) is 2.74. The number of rotatable bonds is 18. The van der Waals surface area contributed by atoms with Crippen LogP contribution in [0.2, 0.25) is 0 Å². The zero-order valence-electron chi connectivity index (χ0n) is 22.5. The molecule has 0 aliphatic carbocycles. The first kappa shape index (κ1) is 31.8. The first-order valence-electron chi connectivity index (χ1n) is 12.6. The fraction of sp³-hybridized carbons (Fsp3) is 0.679. The van der Waals surface area contributed by atoms with Crippen molar-refractivity contribution < 1.29 is 18.6 Å². The van der Waals surface area contributed by atoms with E-state index in [4.69, 9.17) is 13.8 Å². The molecule has 0 saturated carbocycles. The van der Waals surface area contributed by atoms with E-state index < -0.39 is 8.38 Å². The molecule has 0 N–H and O–H groups in total. The van der Waals surface area contributed by atoms with Crippen molar-refractivity contribution >= 4 is 14.3 Å². The van der Waals surface area contributed by atoms with Gasteiger partial charge in [0.05, 0.1) is 19.8 Å². The van der Waals surface area contributed by atoms with Gasteiger partial charge in [-0.15, -0.1) is 0 Å². The summed E-state index contributed by atoms with van der Waals surface area (Å²) in [5.74, 6) is -0.227. The molecule has 0 amide bonds. The van der Waals surface area contributed by atoms with Gasteiger partial charge in [0.2, 0.25) is 0 Å². The largest absolute Gasteiger partial charge is 0.465 e. The molecule has 0 aliphatic rings. The molecule has 0 aliphatic heterocycles. The minimum atomic E-state index is -1.29. The molecule has 0 fully saturated rings. The molecular weight excluding hydrogens is 431 g/mol. The summed E-state index contributed by atoms with van der Waals surface area (Å²) in [4.78, 5) is 12.5. The second-order valence-corrected chi connectivity index (χ2v) is 10.4. The summed E-state index contributed by atoms with van der Waals surface area (Å²) in [5.41, 5.74) is 5.22. The molecule has 0 aromatic carbocycles. The van der Waals surface area contributed by atoms with Gasteiger partial charge in [0.1, 0.15) is 5.66 Å². The summed E-state index contributed by atoms with van der Waals surface area (Å²) in [6, 6.07) is 0. The lowest BCUT2D eigenvalue weighted by Gasteiger charge is -2.23. The molecule has 0 aromatic rings. The second-order valence-electron chi connectivity index (χ2n) is 8.67. The van der Waals surface area contributed by atoms with E-state index in [1.165, 1.54) is 22.3 Å². The van der Waals surface area contributed by atoms with Crippen molar-refractivity contribution in [2.24, 2.45) is 0 Å². The lowest BCUT2D eigenvalue weighted by atomic mass is 10.0. The Bertz CT molecular complexity index is 651. The minimum Gasteiger partial charge on any atom is -0.465 e. The van der Waals surface area contributed by atoms with Gasteiger partial charge in [0.25, 0.3) is 0 Å². The average molecular weight is 481 g/mol. The molecule has 5 heteroatoms. The van der Waals surface area contributed by atoms with Crippen LogP contribution in [0.25, 0.3) is 0 Å². The minimum absolute atomic E-state index is 0.227. The number of hydrogen-bond donors (Lipinski definition) is 0. The van der Waals surface area contributed by atoms with Crippen LogP contribution in [0.15, 0.2) is 46.6 Å². The first-order chi connectivity index (χ1) is 15.7. The highest BCUT2D eigenvalue weighted by Crippen LogP contribution is 2.46. The molecule has 1 unspecified atom stereocenters. The smallest absolute Gasteiger partial charge is 0.318 e. The standard InChI is InChI=1S/C28H49O4P/c1-9-30-28(29)27(33(31-10-2)32-11-3)22-21-26(8)20-14-19-25(7)18-13-17-24(6)16-12-15-23(4)5/h15,17,19,21,27H,9-14,16,18,20,22H2,1-8H3. The Hall–Kier alpha value is -1.22. The molecule has 190 valence electrons. The summed E-state index contributed by atoms with van der Waals surface area (Å²) in [7, 11) is -1.29. The predicted molar refractivity (Wildman–Crippen MR) is 144 cm³/mol. The number of hydrogen-bond acceptors (Lipinski definition) is 4. The topological polar surface area (TPSA) is 44.8 Å². The lowest BCUT2D eigenvalue weighted by Crippen LogP contribution is -2.23. The van der Waals surface area contributed by atoms with Gasteiger partial charge in [-0.25, -0.2) is 0 Å². The van der Waals surface area contributed by atoms with Crippen molar-refractivity contribution in [3.8, 4) is 0 Å². The molecule has 0 spiro atoms. The van der Waals surface area contributed by atoms with Crippen LogP contribution in [0, 0.1) is 0 Å². The van der Waals surface area contributed by atoms with Crippen molar-refractivity contribution in [3.05, 3.63) is 46.6 Å². The summed E-state index contributed by atoms with van der Waals surface area (Å²) >= 11 is 0. The van der Waals surface area contributed by atoms with E-state index in [1.54, 1.807) is 0 Å². The highest BCUT2D eigenvalue weighted by Gasteiger charge is 2.31. The quantitative estimate of drug-likeness (QED) is 0.112. The van der Waals surface area contributed by atoms with Crippen molar-refractivity contribution in [1.29, 1.82) is 0 Å². The third-order valence-electron chi connectivity index (χ3n) is 5.17. The summed E-state index contributed by atoms with van der Waals surface area (Å²) in [5, 5.41) is 0. The molecule has 4 nitrogen and oxygen atoms in total. The van der Waals surface area contributed by atoms with Gasteiger partial charge >= 0.3 is 5.97 Å². The number of carbonyl (C=O) groups is 1. The van der Waals surface area contributed by atoms with E-state index in [0.717, 1.165) is 38.5 Å². The van der Waals surface area contributed by atoms with E-state index in [2.05, 4.69) is 58.9 Å². The van der Waals surface area contributed by atoms with Crippen LogP contribution < -0.4 is 0 Å². The van der Waals surface area contributed by atoms with Crippen LogP contribution in [0.4, 0.5) is 0 Å². The SMILES string of the molecule is CCOC(=O)C(CC=C(C)CCC=C(C)CCC=C(C)CCC=C(C)C)P(OCC)OCC. The Morgan fingerprint density at radius 1 is 0.697 bits per heavy atom. The fourth-order valence-electron chi connectivity index (χ4n) is 3.28. The van der Waals surface area contributed by atoms with E-state index in [-0.39, 0.29) is 11.6 Å². The molecular formula is C28H49O4P.